The first-order valence-electron chi connectivity index (χ1n) is 9.09. The van der Waals surface area contributed by atoms with Crippen LogP contribution in [0.2, 0.25) is 0 Å². The van der Waals surface area contributed by atoms with Gasteiger partial charge in [-0.25, -0.2) is 9.37 Å². The first kappa shape index (κ1) is 19.2. The average molecular weight is 409 g/mol. The maximum absolute atomic E-state index is 14.5. The van der Waals surface area contributed by atoms with Crippen molar-refractivity contribution in [1.82, 2.24) is 24.1 Å². The third-order valence-corrected chi connectivity index (χ3v) is 5.10. The standard InChI is InChI=1S/C21H20FN5OS/c1-13-9-18(29-26-13)20-23-8-7-19(25-20)28-15-5-6-17(22)16(10-15)14-11-24-27(12-14)21(2,3)4/h5-12H,1-4H3. The zero-order chi connectivity index (χ0) is 20.6. The number of benzene rings is 1. The molecule has 0 unspecified atom stereocenters. The summed E-state index contributed by atoms with van der Waals surface area (Å²) < 4.78 is 26.4. The van der Waals surface area contributed by atoms with Crippen molar-refractivity contribution in [2.45, 2.75) is 33.2 Å². The molecule has 3 heterocycles. The Balaban J connectivity index is 1.62. The molecular formula is C21H20FN5OS. The van der Waals surface area contributed by atoms with Gasteiger partial charge in [-0.3, -0.25) is 4.68 Å². The van der Waals surface area contributed by atoms with Crippen LogP contribution in [0.15, 0.2) is 48.9 Å². The fourth-order valence-corrected chi connectivity index (χ4v) is 3.42. The van der Waals surface area contributed by atoms with Crippen LogP contribution in [-0.4, -0.2) is 24.1 Å². The maximum Gasteiger partial charge on any atom is 0.222 e. The Morgan fingerprint density at radius 1 is 1.14 bits per heavy atom. The Morgan fingerprint density at radius 3 is 2.66 bits per heavy atom. The number of halogens is 1. The van der Waals surface area contributed by atoms with Gasteiger partial charge in [0.25, 0.3) is 0 Å². The molecule has 0 amide bonds. The molecule has 0 bridgehead atoms. The van der Waals surface area contributed by atoms with Gasteiger partial charge < -0.3 is 4.74 Å². The summed E-state index contributed by atoms with van der Waals surface area (Å²) in [6.45, 7) is 8.03. The molecule has 0 radical (unpaired) electrons. The molecule has 0 aliphatic heterocycles. The van der Waals surface area contributed by atoms with Gasteiger partial charge in [-0.05, 0) is 63.5 Å². The number of nitrogens with zero attached hydrogens (tertiary/aromatic N) is 5. The molecule has 0 spiro atoms. The number of ether oxygens (including phenoxy) is 1. The molecule has 0 saturated carbocycles. The summed E-state index contributed by atoms with van der Waals surface area (Å²) in [5.74, 6) is 1.07. The first-order valence-corrected chi connectivity index (χ1v) is 9.86. The number of hydrogen-bond donors (Lipinski definition) is 0. The fourth-order valence-electron chi connectivity index (χ4n) is 2.73. The molecule has 0 aliphatic carbocycles. The Bertz CT molecular complexity index is 1160. The molecule has 3 aromatic heterocycles. The molecule has 0 fully saturated rings. The lowest BCUT2D eigenvalue weighted by atomic mass is 10.1. The summed E-state index contributed by atoms with van der Waals surface area (Å²) in [6, 6.07) is 8.20. The molecule has 6 nitrogen and oxygen atoms in total. The summed E-state index contributed by atoms with van der Waals surface area (Å²) in [5.41, 5.74) is 1.84. The molecule has 4 aromatic rings. The monoisotopic (exact) mass is 409 g/mol. The second-order valence-corrected chi connectivity index (χ2v) is 8.44. The van der Waals surface area contributed by atoms with Gasteiger partial charge in [-0.15, -0.1) is 0 Å². The number of rotatable bonds is 4. The number of hydrogen-bond acceptors (Lipinski definition) is 6. The van der Waals surface area contributed by atoms with Crippen molar-refractivity contribution in [3.05, 3.63) is 60.4 Å². The molecule has 29 heavy (non-hydrogen) atoms. The maximum atomic E-state index is 14.5. The van der Waals surface area contributed by atoms with Gasteiger partial charge in [0, 0.05) is 29.6 Å². The van der Waals surface area contributed by atoms with Crippen molar-refractivity contribution in [1.29, 1.82) is 0 Å². The van der Waals surface area contributed by atoms with Gasteiger partial charge in [0.05, 0.1) is 22.3 Å². The summed E-state index contributed by atoms with van der Waals surface area (Å²) in [7, 11) is 0. The Morgan fingerprint density at radius 2 is 1.97 bits per heavy atom. The minimum absolute atomic E-state index is 0.185. The zero-order valence-electron chi connectivity index (χ0n) is 16.5. The quantitative estimate of drug-likeness (QED) is 0.448. The summed E-state index contributed by atoms with van der Waals surface area (Å²) in [6.07, 6.45) is 5.12. The first-order chi connectivity index (χ1) is 13.8. The van der Waals surface area contributed by atoms with E-state index < -0.39 is 0 Å². The third-order valence-electron chi connectivity index (χ3n) is 4.22. The molecule has 8 heteroatoms. The van der Waals surface area contributed by atoms with E-state index >= 15 is 0 Å². The zero-order valence-corrected chi connectivity index (χ0v) is 17.4. The molecular weight excluding hydrogens is 389 g/mol. The van der Waals surface area contributed by atoms with Crippen molar-refractivity contribution in [2.75, 3.05) is 0 Å². The topological polar surface area (TPSA) is 65.7 Å². The van der Waals surface area contributed by atoms with E-state index in [1.165, 1.54) is 17.6 Å². The van der Waals surface area contributed by atoms with Crippen molar-refractivity contribution < 1.29 is 9.13 Å². The van der Waals surface area contributed by atoms with Gasteiger partial charge in [0.15, 0.2) is 5.82 Å². The highest BCUT2D eigenvalue weighted by Crippen LogP contribution is 2.31. The van der Waals surface area contributed by atoms with Gasteiger partial charge in [0.1, 0.15) is 11.6 Å². The van der Waals surface area contributed by atoms with E-state index in [9.17, 15) is 4.39 Å². The van der Waals surface area contributed by atoms with E-state index in [0.29, 0.717) is 28.6 Å². The smallest absolute Gasteiger partial charge is 0.222 e. The minimum atomic E-state index is -0.339. The van der Waals surface area contributed by atoms with Crippen LogP contribution in [0, 0.1) is 12.7 Å². The highest BCUT2D eigenvalue weighted by atomic mass is 32.1. The van der Waals surface area contributed by atoms with Crippen molar-refractivity contribution >= 4 is 11.5 Å². The Labute approximate surface area is 172 Å². The van der Waals surface area contributed by atoms with E-state index in [1.807, 2.05) is 44.6 Å². The molecule has 0 atom stereocenters. The predicted molar refractivity (Wildman–Crippen MR) is 111 cm³/mol. The largest absolute Gasteiger partial charge is 0.439 e. The normalized spacial score (nSPS) is 11.6. The average Bonchev–Trinajstić information content (AvgIpc) is 3.33. The summed E-state index contributed by atoms with van der Waals surface area (Å²) in [5, 5.41) is 4.35. The second kappa shape index (κ2) is 7.36. The van der Waals surface area contributed by atoms with E-state index in [4.69, 9.17) is 4.74 Å². The van der Waals surface area contributed by atoms with E-state index in [0.717, 1.165) is 10.6 Å². The van der Waals surface area contributed by atoms with Crippen LogP contribution in [0.5, 0.6) is 11.6 Å². The molecule has 148 valence electrons. The van der Waals surface area contributed by atoms with Gasteiger partial charge in [0.2, 0.25) is 5.88 Å². The highest BCUT2D eigenvalue weighted by molar-refractivity contribution is 7.09. The van der Waals surface area contributed by atoms with Crippen LogP contribution < -0.4 is 4.74 Å². The lowest BCUT2D eigenvalue weighted by molar-refractivity contribution is 0.355. The van der Waals surface area contributed by atoms with E-state index in [1.54, 1.807) is 30.6 Å². The van der Waals surface area contributed by atoms with E-state index in [-0.39, 0.29) is 11.4 Å². The fraction of sp³-hybridized carbons (Fsp3) is 0.238. The number of aromatic nitrogens is 5. The summed E-state index contributed by atoms with van der Waals surface area (Å²) in [4.78, 5) is 9.58. The van der Waals surface area contributed by atoms with Gasteiger partial charge >= 0.3 is 0 Å². The lowest BCUT2D eigenvalue weighted by Gasteiger charge is -2.18. The van der Waals surface area contributed by atoms with Crippen LogP contribution >= 0.6 is 11.5 Å². The molecule has 0 aliphatic rings. The SMILES string of the molecule is Cc1cc(-c2nccc(Oc3ccc(F)c(-c4cnn(C(C)(C)C)c4)c3)n2)sn1. The third kappa shape index (κ3) is 4.17. The molecule has 0 saturated heterocycles. The lowest BCUT2D eigenvalue weighted by Crippen LogP contribution is -2.21. The van der Waals surface area contributed by atoms with Crippen molar-refractivity contribution in [3.8, 4) is 33.5 Å². The highest BCUT2D eigenvalue weighted by Gasteiger charge is 2.17. The van der Waals surface area contributed by atoms with Gasteiger partial charge in [-0.1, -0.05) is 0 Å². The molecule has 4 rings (SSSR count). The van der Waals surface area contributed by atoms with Crippen LogP contribution in [0.3, 0.4) is 0 Å². The second-order valence-electron chi connectivity index (χ2n) is 7.64. The van der Waals surface area contributed by atoms with Crippen LogP contribution in [0.4, 0.5) is 4.39 Å². The van der Waals surface area contributed by atoms with Crippen molar-refractivity contribution in [3.63, 3.8) is 0 Å². The van der Waals surface area contributed by atoms with Crippen LogP contribution in [0.25, 0.3) is 21.8 Å². The minimum Gasteiger partial charge on any atom is -0.439 e. The van der Waals surface area contributed by atoms with Crippen LogP contribution in [-0.2, 0) is 5.54 Å². The van der Waals surface area contributed by atoms with Crippen LogP contribution in [0.1, 0.15) is 26.5 Å². The van der Waals surface area contributed by atoms with Gasteiger partial charge in [-0.2, -0.15) is 14.5 Å². The summed E-state index contributed by atoms with van der Waals surface area (Å²) >= 11 is 1.33. The predicted octanol–water partition coefficient (Wildman–Crippen LogP) is 5.46. The number of aryl methyl sites for hydroxylation is 1. The van der Waals surface area contributed by atoms with E-state index in [2.05, 4.69) is 19.4 Å². The Hall–Kier alpha value is -3.13. The Kier molecular flexibility index (Phi) is 4.87. The molecule has 1 aromatic carbocycles. The van der Waals surface area contributed by atoms with Crippen molar-refractivity contribution in [2.24, 2.45) is 0 Å². The molecule has 0 N–H and O–H groups in total.